The van der Waals surface area contributed by atoms with Crippen LogP contribution in [0.4, 0.5) is 0 Å². The van der Waals surface area contributed by atoms with Gasteiger partial charge in [-0.2, -0.15) is 0 Å². The zero-order chi connectivity index (χ0) is 11.1. The Balaban J connectivity index is 2.34. The van der Waals surface area contributed by atoms with Gasteiger partial charge in [0.25, 0.3) is 0 Å². The Morgan fingerprint density at radius 1 is 1.33 bits per heavy atom. The lowest BCUT2D eigenvalue weighted by Gasteiger charge is -2.21. The Kier molecular flexibility index (Phi) is 5.29. The van der Waals surface area contributed by atoms with Crippen LogP contribution in [-0.2, 0) is 6.42 Å². The Morgan fingerprint density at radius 3 is 2.53 bits per heavy atom. The summed E-state index contributed by atoms with van der Waals surface area (Å²) in [5, 5.41) is 9.17. The highest BCUT2D eigenvalue weighted by Crippen LogP contribution is 2.02. The lowest BCUT2D eigenvalue weighted by Crippen LogP contribution is -2.30. The molecule has 1 aromatic rings. The summed E-state index contributed by atoms with van der Waals surface area (Å²) in [4.78, 5) is 6.04. The van der Waals surface area contributed by atoms with Crippen molar-refractivity contribution in [3.05, 3.63) is 30.1 Å². The number of aliphatic hydroxyl groups is 1. The van der Waals surface area contributed by atoms with Crippen molar-refractivity contribution in [1.82, 2.24) is 9.88 Å². The quantitative estimate of drug-likeness (QED) is 0.720. The average Bonchev–Trinajstić information content (AvgIpc) is 2.25. The van der Waals surface area contributed by atoms with Gasteiger partial charge in [0.2, 0.25) is 0 Å². The maximum Gasteiger partial charge on any atom is 0.0956 e. The molecule has 0 atom stereocenters. The number of aliphatic hydroxyl groups excluding tert-OH is 1. The molecular weight excluding hydrogens is 188 g/mol. The van der Waals surface area contributed by atoms with E-state index >= 15 is 0 Å². The fourth-order valence-electron chi connectivity index (χ4n) is 1.57. The molecule has 84 valence electrons. The van der Waals surface area contributed by atoms with E-state index in [-0.39, 0.29) is 6.73 Å². The van der Waals surface area contributed by atoms with Crippen molar-refractivity contribution >= 4 is 0 Å². The van der Waals surface area contributed by atoms with Crippen molar-refractivity contribution in [3.8, 4) is 0 Å². The van der Waals surface area contributed by atoms with Crippen LogP contribution in [0.3, 0.4) is 0 Å². The third-order valence-corrected chi connectivity index (χ3v) is 2.29. The normalized spacial score (nSPS) is 11.3. The molecule has 0 saturated carbocycles. The minimum Gasteiger partial charge on any atom is -0.381 e. The fourth-order valence-corrected chi connectivity index (χ4v) is 1.57. The third-order valence-electron chi connectivity index (χ3n) is 2.29. The van der Waals surface area contributed by atoms with E-state index in [9.17, 15) is 0 Å². The first kappa shape index (κ1) is 12.1. The SMILES string of the molecule is CC(C)CN(CO)CCc1ccncc1. The molecule has 0 radical (unpaired) electrons. The second-order valence-corrected chi connectivity index (χ2v) is 4.22. The van der Waals surface area contributed by atoms with Crippen molar-refractivity contribution in [3.63, 3.8) is 0 Å². The van der Waals surface area contributed by atoms with Gasteiger partial charge >= 0.3 is 0 Å². The number of hydrogen-bond acceptors (Lipinski definition) is 3. The molecular formula is C12H20N2O. The molecule has 3 heteroatoms. The number of rotatable bonds is 6. The van der Waals surface area contributed by atoms with E-state index in [1.807, 2.05) is 12.1 Å². The van der Waals surface area contributed by atoms with Crippen LogP contribution in [0.25, 0.3) is 0 Å². The molecule has 1 aromatic heterocycles. The van der Waals surface area contributed by atoms with Crippen molar-refractivity contribution in [2.75, 3.05) is 19.8 Å². The van der Waals surface area contributed by atoms with Crippen LogP contribution in [0.15, 0.2) is 24.5 Å². The smallest absolute Gasteiger partial charge is 0.0956 e. The highest BCUT2D eigenvalue weighted by Gasteiger charge is 2.05. The monoisotopic (exact) mass is 208 g/mol. The minimum atomic E-state index is 0.142. The van der Waals surface area contributed by atoms with E-state index in [1.54, 1.807) is 12.4 Å². The minimum absolute atomic E-state index is 0.142. The van der Waals surface area contributed by atoms with Crippen LogP contribution in [0.5, 0.6) is 0 Å². The first-order valence-corrected chi connectivity index (χ1v) is 5.44. The molecule has 0 aliphatic heterocycles. The van der Waals surface area contributed by atoms with Crippen LogP contribution >= 0.6 is 0 Å². The lowest BCUT2D eigenvalue weighted by molar-refractivity contribution is 0.0971. The van der Waals surface area contributed by atoms with Crippen molar-refractivity contribution in [2.24, 2.45) is 5.92 Å². The maximum atomic E-state index is 9.17. The predicted octanol–water partition coefficient (Wildman–Crippen LogP) is 1.53. The van der Waals surface area contributed by atoms with Gasteiger partial charge in [-0.05, 0) is 30.0 Å². The summed E-state index contributed by atoms with van der Waals surface area (Å²) in [5.41, 5.74) is 1.27. The summed E-state index contributed by atoms with van der Waals surface area (Å²) in [5.74, 6) is 0.592. The van der Waals surface area contributed by atoms with Gasteiger partial charge in [-0.1, -0.05) is 13.8 Å². The first-order chi connectivity index (χ1) is 7.22. The van der Waals surface area contributed by atoms with Gasteiger partial charge in [0.15, 0.2) is 0 Å². The number of aromatic nitrogens is 1. The van der Waals surface area contributed by atoms with Gasteiger partial charge in [0, 0.05) is 25.5 Å². The van der Waals surface area contributed by atoms with E-state index in [4.69, 9.17) is 5.11 Å². The van der Waals surface area contributed by atoms with Crippen LogP contribution < -0.4 is 0 Å². The molecule has 0 aliphatic rings. The average molecular weight is 208 g/mol. The number of pyridine rings is 1. The molecule has 0 spiro atoms. The Morgan fingerprint density at radius 2 is 2.00 bits per heavy atom. The van der Waals surface area contributed by atoms with Gasteiger partial charge in [0.05, 0.1) is 6.73 Å². The van der Waals surface area contributed by atoms with Crippen LogP contribution in [0.1, 0.15) is 19.4 Å². The summed E-state index contributed by atoms with van der Waals surface area (Å²) >= 11 is 0. The molecule has 0 amide bonds. The summed E-state index contributed by atoms with van der Waals surface area (Å²) in [7, 11) is 0. The van der Waals surface area contributed by atoms with Crippen molar-refractivity contribution < 1.29 is 5.11 Å². The highest BCUT2D eigenvalue weighted by molar-refractivity contribution is 5.09. The zero-order valence-corrected chi connectivity index (χ0v) is 9.56. The third kappa shape index (κ3) is 4.91. The molecule has 1 heterocycles. The Labute approximate surface area is 91.8 Å². The molecule has 3 nitrogen and oxygen atoms in total. The maximum absolute atomic E-state index is 9.17. The van der Waals surface area contributed by atoms with E-state index in [0.717, 1.165) is 19.5 Å². The molecule has 1 N–H and O–H groups in total. The van der Waals surface area contributed by atoms with E-state index < -0.39 is 0 Å². The number of nitrogens with zero attached hydrogens (tertiary/aromatic N) is 2. The van der Waals surface area contributed by atoms with Gasteiger partial charge < -0.3 is 5.11 Å². The van der Waals surface area contributed by atoms with Gasteiger partial charge in [-0.15, -0.1) is 0 Å². The molecule has 0 bridgehead atoms. The van der Waals surface area contributed by atoms with Gasteiger partial charge in [-0.25, -0.2) is 0 Å². The second-order valence-electron chi connectivity index (χ2n) is 4.22. The Hall–Kier alpha value is -0.930. The molecule has 15 heavy (non-hydrogen) atoms. The molecule has 0 saturated heterocycles. The van der Waals surface area contributed by atoms with Gasteiger partial charge in [0.1, 0.15) is 0 Å². The molecule has 0 aliphatic carbocycles. The summed E-state index contributed by atoms with van der Waals surface area (Å²) in [6, 6.07) is 4.04. The summed E-state index contributed by atoms with van der Waals surface area (Å²) in [6.07, 6.45) is 4.58. The molecule has 0 fully saturated rings. The second kappa shape index (κ2) is 6.53. The van der Waals surface area contributed by atoms with E-state index in [1.165, 1.54) is 5.56 Å². The van der Waals surface area contributed by atoms with Crippen LogP contribution in [0, 0.1) is 5.92 Å². The topological polar surface area (TPSA) is 36.4 Å². The highest BCUT2D eigenvalue weighted by atomic mass is 16.3. The number of hydrogen-bond donors (Lipinski definition) is 1. The lowest BCUT2D eigenvalue weighted by atomic mass is 10.1. The molecule has 1 rings (SSSR count). The van der Waals surface area contributed by atoms with Gasteiger partial charge in [-0.3, -0.25) is 9.88 Å². The van der Waals surface area contributed by atoms with Crippen molar-refractivity contribution in [2.45, 2.75) is 20.3 Å². The summed E-state index contributed by atoms with van der Waals surface area (Å²) in [6.45, 7) is 6.31. The zero-order valence-electron chi connectivity index (χ0n) is 9.56. The largest absolute Gasteiger partial charge is 0.381 e. The van der Waals surface area contributed by atoms with Crippen LogP contribution in [-0.4, -0.2) is 34.8 Å². The van der Waals surface area contributed by atoms with E-state index in [2.05, 4.69) is 23.7 Å². The van der Waals surface area contributed by atoms with Crippen LogP contribution in [0.2, 0.25) is 0 Å². The predicted molar refractivity (Wildman–Crippen MR) is 61.4 cm³/mol. The summed E-state index contributed by atoms with van der Waals surface area (Å²) < 4.78 is 0. The van der Waals surface area contributed by atoms with E-state index in [0.29, 0.717) is 5.92 Å². The fraction of sp³-hybridized carbons (Fsp3) is 0.583. The molecule has 0 aromatic carbocycles. The Bertz CT molecular complexity index is 262. The molecule has 0 unspecified atom stereocenters. The standard InChI is InChI=1S/C12H20N2O/c1-11(2)9-14(10-15)8-5-12-3-6-13-7-4-12/h3-4,6-7,11,15H,5,8-10H2,1-2H3. The first-order valence-electron chi connectivity index (χ1n) is 5.44. The van der Waals surface area contributed by atoms with Crippen molar-refractivity contribution in [1.29, 1.82) is 0 Å².